The molecule has 0 spiro atoms. The minimum atomic E-state index is -1.21. The zero-order valence-corrected chi connectivity index (χ0v) is 17.5. The van der Waals surface area contributed by atoms with Crippen LogP contribution < -0.4 is 0 Å². The Morgan fingerprint density at radius 1 is 1.30 bits per heavy atom. The SMILES string of the molecule is CC1=NC2(C(=O)CO)C(CC3[C@@H]4C[C@H](O)C5=CC(=O)C=C[C@]5(C)C4C(O)C[C@@]32C)O1. The van der Waals surface area contributed by atoms with E-state index in [2.05, 4.69) is 4.99 Å². The number of rotatable bonds is 2. The van der Waals surface area contributed by atoms with Crippen LogP contribution in [0.25, 0.3) is 0 Å². The summed E-state index contributed by atoms with van der Waals surface area (Å²) in [5.41, 5.74) is -1.85. The Morgan fingerprint density at radius 3 is 2.73 bits per heavy atom. The summed E-state index contributed by atoms with van der Waals surface area (Å²) in [7, 11) is 0. The van der Waals surface area contributed by atoms with Gasteiger partial charge in [0.25, 0.3) is 0 Å². The quantitative estimate of drug-likeness (QED) is 0.619. The lowest BCUT2D eigenvalue weighted by molar-refractivity contribution is -0.150. The number of aliphatic imine (C=N–C) groups is 1. The van der Waals surface area contributed by atoms with Gasteiger partial charge in [0.1, 0.15) is 12.7 Å². The number of nitrogens with zero attached hydrogens (tertiary/aromatic N) is 1. The van der Waals surface area contributed by atoms with Gasteiger partial charge < -0.3 is 20.1 Å². The summed E-state index contributed by atoms with van der Waals surface area (Å²) in [5.74, 6) is -0.334. The van der Waals surface area contributed by atoms with Crippen LogP contribution in [0.15, 0.2) is 28.8 Å². The summed E-state index contributed by atoms with van der Waals surface area (Å²) in [5, 5.41) is 32.2. The molecule has 0 aromatic rings. The van der Waals surface area contributed by atoms with Crippen molar-refractivity contribution < 1.29 is 29.6 Å². The maximum atomic E-state index is 13.1. The van der Waals surface area contributed by atoms with Crippen molar-refractivity contribution in [2.45, 2.75) is 63.9 Å². The molecule has 5 unspecified atom stereocenters. The second-order valence-corrected chi connectivity index (χ2v) is 10.2. The maximum Gasteiger partial charge on any atom is 0.190 e. The predicted octanol–water partition coefficient (Wildman–Crippen LogP) is 0.963. The highest BCUT2D eigenvalue weighted by atomic mass is 16.5. The van der Waals surface area contributed by atoms with E-state index in [9.17, 15) is 24.9 Å². The summed E-state index contributed by atoms with van der Waals surface area (Å²) >= 11 is 0. The number of hydrogen-bond donors (Lipinski definition) is 3. The first-order valence-electron chi connectivity index (χ1n) is 10.8. The van der Waals surface area contributed by atoms with E-state index in [4.69, 9.17) is 4.74 Å². The minimum Gasteiger partial charge on any atom is -0.475 e. The first kappa shape index (κ1) is 20.1. The molecule has 4 aliphatic carbocycles. The number of Topliss-reactive ketones (excluding diaryl/α,β-unsaturated/α-hetero) is 1. The molecule has 0 bridgehead atoms. The Labute approximate surface area is 175 Å². The average Bonchev–Trinajstić information content (AvgIpc) is 3.13. The van der Waals surface area contributed by atoms with Gasteiger partial charge in [-0.3, -0.25) is 9.59 Å². The van der Waals surface area contributed by atoms with Crippen molar-refractivity contribution in [2.75, 3.05) is 6.61 Å². The van der Waals surface area contributed by atoms with E-state index in [1.54, 1.807) is 6.92 Å². The molecule has 9 atom stereocenters. The zero-order chi connectivity index (χ0) is 21.6. The molecule has 0 aromatic heterocycles. The second-order valence-electron chi connectivity index (χ2n) is 10.2. The number of ketones is 2. The van der Waals surface area contributed by atoms with E-state index in [0.717, 1.165) is 0 Å². The summed E-state index contributed by atoms with van der Waals surface area (Å²) < 4.78 is 5.96. The first-order valence-corrected chi connectivity index (χ1v) is 10.8. The van der Waals surface area contributed by atoms with Crippen LogP contribution in [0.5, 0.6) is 0 Å². The Balaban J connectivity index is 1.63. The van der Waals surface area contributed by atoms with E-state index in [-0.39, 0.29) is 29.3 Å². The normalized spacial score (nSPS) is 51.2. The fourth-order valence-corrected chi connectivity index (χ4v) is 7.86. The molecule has 3 saturated carbocycles. The topological polar surface area (TPSA) is 116 Å². The van der Waals surface area contributed by atoms with Crippen LogP contribution in [0.1, 0.15) is 40.0 Å². The Kier molecular flexibility index (Phi) is 4.09. The van der Waals surface area contributed by atoms with Crippen LogP contribution >= 0.6 is 0 Å². The fraction of sp³-hybridized carbons (Fsp3) is 0.696. The molecule has 162 valence electrons. The number of allylic oxidation sites excluding steroid dienone is 3. The van der Waals surface area contributed by atoms with Crippen LogP contribution in [0.4, 0.5) is 0 Å². The predicted molar refractivity (Wildman–Crippen MR) is 108 cm³/mol. The monoisotopic (exact) mass is 415 g/mol. The van der Waals surface area contributed by atoms with E-state index in [1.807, 2.05) is 19.9 Å². The van der Waals surface area contributed by atoms with Crippen LogP contribution in [-0.2, 0) is 14.3 Å². The van der Waals surface area contributed by atoms with Gasteiger partial charge in [-0.15, -0.1) is 0 Å². The molecule has 0 aromatic carbocycles. The van der Waals surface area contributed by atoms with Gasteiger partial charge in [-0.25, -0.2) is 4.99 Å². The lowest BCUT2D eigenvalue weighted by Crippen LogP contribution is -2.63. The number of aliphatic hydroxyl groups is 3. The molecule has 1 aliphatic heterocycles. The zero-order valence-electron chi connectivity index (χ0n) is 17.5. The van der Waals surface area contributed by atoms with Gasteiger partial charge in [-0.2, -0.15) is 0 Å². The van der Waals surface area contributed by atoms with E-state index >= 15 is 0 Å². The van der Waals surface area contributed by atoms with Gasteiger partial charge in [0.15, 0.2) is 23.0 Å². The van der Waals surface area contributed by atoms with Crippen LogP contribution in [-0.4, -0.2) is 63.2 Å². The van der Waals surface area contributed by atoms with Gasteiger partial charge >= 0.3 is 0 Å². The lowest BCUT2D eigenvalue weighted by atomic mass is 9.45. The van der Waals surface area contributed by atoms with E-state index in [1.165, 1.54) is 12.2 Å². The highest BCUT2D eigenvalue weighted by Crippen LogP contribution is 2.69. The van der Waals surface area contributed by atoms with Crippen LogP contribution in [0, 0.1) is 28.6 Å². The minimum absolute atomic E-state index is 0.0118. The largest absolute Gasteiger partial charge is 0.475 e. The smallest absolute Gasteiger partial charge is 0.190 e. The van der Waals surface area contributed by atoms with Gasteiger partial charge in [-0.05, 0) is 48.8 Å². The summed E-state index contributed by atoms with van der Waals surface area (Å²) in [6.07, 6.45) is 4.23. The molecule has 0 amide bonds. The van der Waals surface area contributed by atoms with Crippen molar-refractivity contribution >= 4 is 17.5 Å². The molecule has 30 heavy (non-hydrogen) atoms. The van der Waals surface area contributed by atoms with Crippen molar-refractivity contribution in [1.29, 1.82) is 0 Å². The van der Waals surface area contributed by atoms with E-state index < -0.39 is 41.3 Å². The molecule has 5 aliphatic rings. The van der Waals surface area contributed by atoms with Crippen molar-refractivity contribution in [3.63, 3.8) is 0 Å². The first-order chi connectivity index (χ1) is 14.1. The van der Waals surface area contributed by atoms with Crippen molar-refractivity contribution in [3.05, 3.63) is 23.8 Å². The molecule has 7 nitrogen and oxygen atoms in total. The van der Waals surface area contributed by atoms with Gasteiger partial charge in [-0.1, -0.05) is 19.9 Å². The third-order valence-electron chi connectivity index (χ3n) is 8.92. The van der Waals surface area contributed by atoms with Crippen LogP contribution in [0.3, 0.4) is 0 Å². The number of aliphatic hydroxyl groups excluding tert-OH is 3. The number of hydrogen-bond acceptors (Lipinski definition) is 7. The van der Waals surface area contributed by atoms with Crippen molar-refractivity contribution in [2.24, 2.45) is 33.6 Å². The molecule has 3 N–H and O–H groups in total. The third kappa shape index (κ3) is 2.18. The lowest BCUT2D eigenvalue weighted by Gasteiger charge is -2.60. The second kappa shape index (κ2) is 6.11. The highest BCUT2D eigenvalue weighted by molar-refractivity contribution is 6.01. The maximum absolute atomic E-state index is 13.1. The Morgan fingerprint density at radius 2 is 2.03 bits per heavy atom. The molecular weight excluding hydrogens is 386 g/mol. The number of fused-ring (bicyclic) bond motifs is 7. The molecule has 3 fully saturated rings. The van der Waals surface area contributed by atoms with Gasteiger partial charge in [0.05, 0.1) is 12.2 Å². The van der Waals surface area contributed by atoms with Crippen molar-refractivity contribution in [1.82, 2.24) is 0 Å². The van der Waals surface area contributed by atoms with Crippen molar-refractivity contribution in [3.8, 4) is 0 Å². The molecule has 1 heterocycles. The summed E-state index contributed by atoms with van der Waals surface area (Å²) in [6, 6.07) is 0. The molecule has 0 saturated heterocycles. The standard InChI is InChI=1S/C23H29NO6/c1-11-24-23(18(29)10-25)19(30-11)8-14-13-7-16(27)15-6-12(26)4-5-21(15,2)20(13)17(28)9-22(14,23)3/h4-6,13-14,16-17,19-20,25,27-28H,7-10H2,1-3H3/t13-,14?,16-,17?,19?,20?,21-,22-,23?/m0/s1. The number of carbonyl (C=O) groups excluding carboxylic acids is 2. The van der Waals surface area contributed by atoms with E-state index in [0.29, 0.717) is 30.7 Å². The van der Waals surface area contributed by atoms with Crippen LogP contribution in [0.2, 0.25) is 0 Å². The molecule has 5 rings (SSSR count). The van der Waals surface area contributed by atoms with Gasteiger partial charge in [0.2, 0.25) is 0 Å². The molecule has 0 radical (unpaired) electrons. The van der Waals surface area contributed by atoms with Gasteiger partial charge in [0, 0.05) is 23.7 Å². The highest BCUT2D eigenvalue weighted by Gasteiger charge is 2.74. The number of carbonyl (C=O) groups is 2. The number of ether oxygens (including phenoxy) is 1. The Bertz CT molecular complexity index is 923. The summed E-state index contributed by atoms with van der Waals surface area (Å²) in [6.45, 7) is 5.06. The molecular formula is C23H29NO6. The fourth-order valence-electron chi connectivity index (χ4n) is 7.86. The Hall–Kier alpha value is -1.83. The third-order valence-corrected chi connectivity index (χ3v) is 8.92. The summed E-state index contributed by atoms with van der Waals surface area (Å²) in [4.78, 5) is 29.7. The molecule has 7 heteroatoms. The average molecular weight is 415 g/mol.